The van der Waals surface area contributed by atoms with Gasteiger partial charge < -0.3 is 5.32 Å². The maximum absolute atomic E-state index is 13.3. The van der Waals surface area contributed by atoms with E-state index in [0.29, 0.717) is 11.3 Å². The number of Topliss-reactive ketones (excluding diaryl/α,β-unsaturated/α-hetero) is 1. The van der Waals surface area contributed by atoms with E-state index in [1.165, 1.54) is 36.2 Å². The molecule has 3 aromatic rings. The number of hydrazine groups is 1. The first-order valence-electron chi connectivity index (χ1n) is 11.7. The summed E-state index contributed by atoms with van der Waals surface area (Å²) in [5, 5.41) is 3.81. The van der Waals surface area contributed by atoms with E-state index in [1.807, 2.05) is 36.4 Å². The van der Waals surface area contributed by atoms with Crippen LogP contribution in [-0.4, -0.2) is 29.5 Å². The summed E-state index contributed by atoms with van der Waals surface area (Å²) in [5.74, 6) is -2.62. The minimum Gasteiger partial charge on any atom is -0.345 e. The molecule has 2 N–H and O–H groups in total. The predicted octanol–water partition coefficient (Wildman–Crippen LogP) is 4.14. The molecule has 0 fully saturated rings. The van der Waals surface area contributed by atoms with E-state index in [9.17, 15) is 23.6 Å². The molecule has 0 aliphatic carbocycles. The quantitative estimate of drug-likeness (QED) is 0.490. The van der Waals surface area contributed by atoms with Gasteiger partial charge in [0.25, 0.3) is 11.8 Å². The van der Waals surface area contributed by atoms with Crippen LogP contribution in [0.2, 0.25) is 0 Å². The second-order valence-corrected chi connectivity index (χ2v) is 8.70. The number of nitrogens with one attached hydrogen (secondary N) is 2. The van der Waals surface area contributed by atoms with Crippen molar-refractivity contribution in [2.75, 3.05) is 5.01 Å². The SMILES string of the molecule is CC1C(=O)N(NC(=O)[C@H](C)NC(=O)CCC(=O)c2ccc(F)cc2)c2ccccc2-c2ccccc21. The van der Waals surface area contributed by atoms with Crippen molar-refractivity contribution in [2.45, 2.75) is 38.6 Å². The van der Waals surface area contributed by atoms with Gasteiger partial charge in [-0.3, -0.25) is 24.6 Å². The Hall–Kier alpha value is -4.33. The smallest absolute Gasteiger partial charge is 0.261 e. The number of carbonyl (C=O) groups excluding carboxylic acids is 4. The van der Waals surface area contributed by atoms with Crippen molar-refractivity contribution in [2.24, 2.45) is 0 Å². The number of halogens is 1. The van der Waals surface area contributed by atoms with Crippen molar-refractivity contribution in [3.63, 3.8) is 0 Å². The summed E-state index contributed by atoms with van der Waals surface area (Å²) >= 11 is 0. The van der Waals surface area contributed by atoms with Gasteiger partial charge in [-0.25, -0.2) is 9.40 Å². The number of benzene rings is 3. The number of fused-ring (bicyclic) bond motifs is 3. The Bertz CT molecular complexity index is 1320. The molecule has 184 valence electrons. The van der Waals surface area contributed by atoms with Gasteiger partial charge in [0.05, 0.1) is 11.6 Å². The molecule has 1 unspecified atom stereocenters. The highest BCUT2D eigenvalue weighted by molar-refractivity contribution is 6.07. The fourth-order valence-corrected chi connectivity index (χ4v) is 4.17. The maximum atomic E-state index is 13.3. The summed E-state index contributed by atoms with van der Waals surface area (Å²) < 4.78 is 13.0. The topological polar surface area (TPSA) is 95.6 Å². The predicted molar refractivity (Wildman–Crippen MR) is 133 cm³/mol. The van der Waals surface area contributed by atoms with Crippen LogP contribution in [0, 0.1) is 5.82 Å². The van der Waals surface area contributed by atoms with Gasteiger partial charge in [0.15, 0.2) is 5.78 Å². The van der Waals surface area contributed by atoms with Crippen LogP contribution in [0.4, 0.5) is 10.1 Å². The summed E-state index contributed by atoms with van der Waals surface area (Å²) in [6, 6.07) is 19.0. The molecule has 2 atom stereocenters. The zero-order valence-corrected chi connectivity index (χ0v) is 20.0. The largest absolute Gasteiger partial charge is 0.345 e. The molecule has 3 aromatic carbocycles. The third-order valence-corrected chi connectivity index (χ3v) is 6.19. The van der Waals surface area contributed by atoms with E-state index in [1.54, 1.807) is 19.1 Å². The number of hydrogen-bond acceptors (Lipinski definition) is 4. The molecule has 3 amide bonds. The van der Waals surface area contributed by atoms with Crippen molar-refractivity contribution in [3.8, 4) is 11.1 Å². The highest BCUT2D eigenvalue weighted by atomic mass is 19.1. The summed E-state index contributed by atoms with van der Waals surface area (Å²) in [6.07, 6.45) is -0.217. The molecule has 1 heterocycles. The van der Waals surface area contributed by atoms with Gasteiger partial charge in [-0.1, -0.05) is 42.5 Å². The molecular formula is C28H26FN3O4. The second kappa shape index (κ2) is 10.5. The summed E-state index contributed by atoms with van der Waals surface area (Å²) in [4.78, 5) is 50.9. The van der Waals surface area contributed by atoms with Gasteiger partial charge in [-0.2, -0.15) is 0 Å². The third kappa shape index (κ3) is 5.17. The average Bonchev–Trinajstić information content (AvgIpc) is 2.97. The highest BCUT2D eigenvalue weighted by Crippen LogP contribution is 2.39. The molecule has 1 aliphatic rings. The van der Waals surface area contributed by atoms with Crippen molar-refractivity contribution in [3.05, 3.63) is 89.7 Å². The van der Waals surface area contributed by atoms with Crippen LogP contribution in [0.3, 0.4) is 0 Å². The van der Waals surface area contributed by atoms with Crippen LogP contribution in [-0.2, 0) is 14.4 Å². The van der Waals surface area contributed by atoms with Crippen LogP contribution >= 0.6 is 0 Å². The average molecular weight is 488 g/mol. The molecule has 0 radical (unpaired) electrons. The third-order valence-electron chi connectivity index (χ3n) is 6.19. The van der Waals surface area contributed by atoms with Gasteiger partial charge in [0.1, 0.15) is 11.9 Å². The molecule has 0 bridgehead atoms. The van der Waals surface area contributed by atoms with Gasteiger partial charge in [-0.05, 0) is 55.3 Å². The summed E-state index contributed by atoms with van der Waals surface area (Å²) in [5.41, 5.74) is 6.09. The van der Waals surface area contributed by atoms with E-state index >= 15 is 0 Å². The maximum Gasteiger partial charge on any atom is 0.261 e. The lowest BCUT2D eigenvalue weighted by Gasteiger charge is -2.27. The zero-order valence-electron chi connectivity index (χ0n) is 20.0. The van der Waals surface area contributed by atoms with E-state index in [0.717, 1.165) is 16.7 Å². The van der Waals surface area contributed by atoms with Gasteiger partial charge in [0, 0.05) is 24.0 Å². The standard InChI is InChI=1S/C28H26FN3O4/c1-17-21-7-3-4-8-22(21)23-9-5-6-10-24(23)32(28(17)36)31-27(35)18(2)30-26(34)16-15-25(33)19-11-13-20(29)14-12-19/h3-14,17-18H,15-16H2,1-2H3,(H,30,34)(H,31,35)/t17?,18-/m0/s1. The second-order valence-electron chi connectivity index (χ2n) is 8.70. The molecular weight excluding hydrogens is 461 g/mol. The zero-order chi connectivity index (χ0) is 25.8. The number of hydrogen-bond donors (Lipinski definition) is 2. The number of para-hydroxylation sites is 1. The van der Waals surface area contributed by atoms with Crippen molar-refractivity contribution in [1.29, 1.82) is 0 Å². The van der Waals surface area contributed by atoms with Gasteiger partial charge >= 0.3 is 0 Å². The Balaban J connectivity index is 1.42. The number of carbonyl (C=O) groups is 4. The minimum atomic E-state index is -0.959. The molecule has 0 spiro atoms. The number of rotatable bonds is 7. The van der Waals surface area contributed by atoms with E-state index in [4.69, 9.17) is 0 Å². The van der Waals surface area contributed by atoms with Crippen molar-refractivity contribution < 1.29 is 23.6 Å². The normalized spacial score (nSPS) is 15.2. The Morgan fingerprint density at radius 1 is 0.917 bits per heavy atom. The lowest BCUT2D eigenvalue weighted by atomic mass is 9.92. The van der Waals surface area contributed by atoms with Crippen LogP contribution < -0.4 is 15.8 Å². The van der Waals surface area contributed by atoms with Crippen molar-refractivity contribution in [1.82, 2.24) is 10.7 Å². The van der Waals surface area contributed by atoms with Crippen LogP contribution in [0.1, 0.15) is 48.5 Å². The number of ketones is 1. The molecule has 7 nitrogen and oxygen atoms in total. The molecule has 0 aromatic heterocycles. The molecule has 0 saturated carbocycles. The molecule has 4 rings (SSSR count). The number of anilines is 1. The Morgan fingerprint density at radius 3 is 2.28 bits per heavy atom. The minimum absolute atomic E-state index is 0.0838. The number of nitrogens with zero attached hydrogens (tertiary/aromatic N) is 1. The Labute approximate surface area is 208 Å². The summed E-state index contributed by atoms with van der Waals surface area (Å²) in [6.45, 7) is 3.29. The monoisotopic (exact) mass is 487 g/mol. The van der Waals surface area contributed by atoms with Crippen LogP contribution in [0.5, 0.6) is 0 Å². The molecule has 8 heteroatoms. The van der Waals surface area contributed by atoms with E-state index < -0.39 is 29.6 Å². The van der Waals surface area contributed by atoms with E-state index in [2.05, 4.69) is 10.7 Å². The van der Waals surface area contributed by atoms with Gasteiger partial charge in [0.2, 0.25) is 5.91 Å². The summed E-state index contributed by atoms with van der Waals surface area (Å²) in [7, 11) is 0. The first-order chi connectivity index (χ1) is 17.3. The lowest BCUT2D eigenvalue weighted by Crippen LogP contribution is -2.54. The van der Waals surface area contributed by atoms with E-state index in [-0.39, 0.29) is 24.5 Å². The first-order valence-corrected chi connectivity index (χ1v) is 11.7. The highest BCUT2D eigenvalue weighted by Gasteiger charge is 2.33. The molecule has 0 saturated heterocycles. The van der Waals surface area contributed by atoms with Crippen molar-refractivity contribution >= 4 is 29.2 Å². The molecule has 36 heavy (non-hydrogen) atoms. The Kier molecular flexibility index (Phi) is 7.24. The first kappa shape index (κ1) is 24.8. The fourth-order valence-electron chi connectivity index (χ4n) is 4.17. The number of amides is 3. The van der Waals surface area contributed by atoms with Crippen LogP contribution in [0.15, 0.2) is 72.8 Å². The lowest BCUT2D eigenvalue weighted by molar-refractivity contribution is -0.130. The Morgan fingerprint density at radius 2 is 1.56 bits per heavy atom. The van der Waals surface area contributed by atoms with Gasteiger partial charge in [-0.15, -0.1) is 0 Å². The fraction of sp³-hybridized carbons (Fsp3) is 0.214. The van der Waals surface area contributed by atoms with Crippen LogP contribution in [0.25, 0.3) is 11.1 Å². The molecule has 1 aliphatic heterocycles.